The maximum atomic E-state index is 9.21. The summed E-state index contributed by atoms with van der Waals surface area (Å²) in [6.45, 7) is 6.94. The van der Waals surface area contributed by atoms with Gasteiger partial charge in [0.05, 0.1) is 25.2 Å². The standard InChI is InChI=1S/C19H26N4O/c1-16(18-6-3-7-19(13-18)24-2)23-11-9-22(10-12-23)15-17(14-21)5-4-8-20/h3,6-7,13,16-17H,4-5,9-12,15H2,1-2H3/t16-,17+/m1/s1. The highest BCUT2D eigenvalue weighted by Crippen LogP contribution is 2.25. The predicted molar refractivity (Wildman–Crippen MR) is 93.4 cm³/mol. The normalized spacial score (nSPS) is 18.3. The summed E-state index contributed by atoms with van der Waals surface area (Å²) in [6, 6.07) is 13.1. The molecule has 2 atom stereocenters. The van der Waals surface area contributed by atoms with E-state index in [4.69, 9.17) is 10.00 Å². The van der Waals surface area contributed by atoms with E-state index in [0.717, 1.165) is 38.5 Å². The number of benzene rings is 1. The van der Waals surface area contributed by atoms with Gasteiger partial charge in [-0.25, -0.2) is 0 Å². The Bertz CT molecular complexity index is 596. The third kappa shape index (κ3) is 4.96. The van der Waals surface area contributed by atoms with Crippen LogP contribution in [0.15, 0.2) is 24.3 Å². The molecule has 0 aliphatic carbocycles. The summed E-state index contributed by atoms with van der Waals surface area (Å²) >= 11 is 0. The highest BCUT2D eigenvalue weighted by atomic mass is 16.5. The van der Waals surface area contributed by atoms with Crippen molar-refractivity contribution < 1.29 is 4.74 Å². The van der Waals surface area contributed by atoms with Crippen LogP contribution in [-0.2, 0) is 0 Å². The Hall–Kier alpha value is -2.08. The van der Waals surface area contributed by atoms with Crippen molar-refractivity contribution in [2.45, 2.75) is 25.8 Å². The lowest BCUT2D eigenvalue weighted by atomic mass is 10.0. The quantitative estimate of drug-likeness (QED) is 0.771. The lowest BCUT2D eigenvalue weighted by Gasteiger charge is -2.38. The van der Waals surface area contributed by atoms with Gasteiger partial charge in [0.1, 0.15) is 5.75 Å². The van der Waals surface area contributed by atoms with Crippen LogP contribution in [0.25, 0.3) is 0 Å². The fourth-order valence-corrected chi connectivity index (χ4v) is 3.19. The van der Waals surface area contributed by atoms with E-state index < -0.39 is 0 Å². The van der Waals surface area contributed by atoms with Crippen LogP contribution in [0.1, 0.15) is 31.4 Å². The van der Waals surface area contributed by atoms with Crippen LogP contribution in [0.5, 0.6) is 5.75 Å². The Kier molecular flexibility index (Phi) is 7.06. The van der Waals surface area contributed by atoms with Crippen molar-refractivity contribution in [3.63, 3.8) is 0 Å². The minimum absolute atomic E-state index is 0.0352. The van der Waals surface area contributed by atoms with Crippen LogP contribution in [0, 0.1) is 28.6 Å². The largest absolute Gasteiger partial charge is 0.497 e. The zero-order valence-electron chi connectivity index (χ0n) is 14.6. The summed E-state index contributed by atoms with van der Waals surface area (Å²) in [5.41, 5.74) is 1.27. The van der Waals surface area contributed by atoms with E-state index in [1.807, 2.05) is 12.1 Å². The van der Waals surface area contributed by atoms with E-state index in [-0.39, 0.29) is 5.92 Å². The first-order chi connectivity index (χ1) is 11.7. The smallest absolute Gasteiger partial charge is 0.119 e. The van der Waals surface area contributed by atoms with Gasteiger partial charge >= 0.3 is 0 Å². The number of nitrogens with zero attached hydrogens (tertiary/aromatic N) is 4. The van der Waals surface area contributed by atoms with Gasteiger partial charge in [0, 0.05) is 45.2 Å². The molecule has 1 fully saturated rings. The van der Waals surface area contributed by atoms with Crippen molar-refractivity contribution in [2.75, 3.05) is 39.8 Å². The van der Waals surface area contributed by atoms with Gasteiger partial charge in [-0.15, -0.1) is 0 Å². The van der Waals surface area contributed by atoms with E-state index in [1.54, 1.807) is 7.11 Å². The molecule has 2 rings (SSSR count). The van der Waals surface area contributed by atoms with E-state index in [1.165, 1.54) is 5.56 Å². The lowest BCUT2D eigenvalue weighted by molar-refractivity contribution is 0.0954. The van der Waals surface area contributed by atoms with Crippen molar-refractivity contribution in [3.8, 4) is 17.9 Å². The van der Waals surface area contributed by atoms with Crippen LogP contribution in [0.3, 0.4) is 0 Å². The van der Waals surface area contributed by atoms with Gasteiger partial charge in [0.2, 0.25) is 0 Å². The first kappa shape index (κ1) is 18.3. The first-order valence-electron chi connectivity index (χ1n) is 8.55. The molecule has 1 aliphatic rings. The number of rotatable bonds is 7. The number of hydrogen-bond acceptors (Lipinski definition) is 5. The maximum Gasteiger partial charge on any atom is 0.119 e. The fraction of sp³-hybridized carbons (Fsp3) is 0.579. The number of ether oxygens (including phenoxy) is 1. The summed E-state index contributed by atoms with van der Waals surface area (Å²) in [4.78, 5) is 4.82. The average molecular weight is 326 g/mol. The first-order valence-corrected chi connectivity index (χ1v) is 8.55. The Balaban J connectivity index is 1.85. The van der Waals surface area contributed by atoms with Crippen molar-refractivity contribution in [3.05, 3.63) is 29.8 Å². The number of piperazine rings is 1. The average Bonchev–Trinajstić information content (AvgIpc) is 2.65. The van der Waals surface area contributed by atoms with Crippen molar-refractivity contribution in [1.82, 2.24) is 9.80 Å². The van der Waals surface area contributed by atoms with Gasteiger partial charge in [-0.2, -0.15) is 10.5 Å². The highest BCUT2D eigenvalue weighted by molar-refractivity contribution is 5.30. The molecule has 0 spiro atoms. The lowest BCUT2D eigenvalue weighted by Crippen LogP contribution is -2.48. The molecule has 0 unspecified atom stereocenters. The summed E-state index contributed by atoms with van der Waals surface area (Å²) < 4.78 is 5.32. The molecule has 0 amide bonds. The molecule has 1 saturated heterocycles. The van der Waals surface area contributed by atoms with Crippen molar-refractivity contribution in [2.24, 2.45) is 5.92 Å². The second-order valence-electron chi connectivity index (χ2n) is 6.31. The Labute approximate surface area is 145 Å². The zero-order valence-corrected chi connectivity index (χ0v) is 14.6. The van der Waals surface area contributed by atoms with Gasteiger partial charge in [0.25, 0.3) is 0 Å². The second kappa shape index (κ2) is 9.27. The van der Waals surface area contributed by atoms with Gasteiger partial charge in [-0.3, -0.25) is 9.80 Å². The minimum atomic E-state index is -0.0352. The molecule has 1 aromatic rings. The highest BCUT2D eigenvalue weighted by Gasteiger charge is 2.23. The van der Waals surface area contributed by atoms with E-state index in [9.17, 15) is 5.26 Å². The van der Waals surface area contributed by atoms with Crippen LogP contribution in [0.4, 0.5) is 0 Å². The molecular formula is C19H26N4O. The van der Waals surface area contributed by atoms with Crippen LogP contribution in [-0.4, -0.2) is 49.6 Å². The Morgan fingerprint density at radius 3 is 2.58 bits per heavy atom. The maximum absolute atomic E-state index is 9.21. The molecule has 128 valence electrons. The summed E-state index contributed by atoms with van der Waals surface area (Å²) in [5, 5.41) is 17.9. The van der Waals surface area contributed by atoms with Gasteiger partial charge < -0.3 is 4.74 Å². The molecular weight excluding hydrogens is 300 g/mol. The molecule has 1 aromatic carbocycles. The Morgan fingerprint density at radius 2 is 1.96 bits per heavy atom. The number of hydrogen-bond donors (Lipinski definition) is 0. The molecule has 1 aliphatic heterocycles. The monoisotopic (exact) mass is 326 g/mol. The molecule has 0 aromatic heterocycles. The predicted octanol–water partition coefficient (Wildman–Crippen LogP) is 2.82. The van der Waals surface area contributed by atoms with E-state index in [2.05, 4.69) is 41.0 Å². The molecule has 0 N–H and O–H groups in total. The summed E-state index contributed by atoms with van der Waals surface area (Å²) in [7, 11) is 1.69. The second-order valence-corrected chi connectivity index (χ2v) is 6.31. The van der Waals surface area contributed by atoms with Crippen LogP contribution >= 0.6 is 0 Å². The summed E-state index contributed by atoms with van der Waals surface area (Å²) in [6.07, 6.45) is 1.14. The number of methoxy groups -OCH3 is 1. The minimum Gasteiger partial charge on any atom is -0.497 e. The molecule has 1 heterocycles. The molecule has 5 heteroatoms. The van der Waals surface area contributed by atoms with E-state index >= 15 is 0 Å². The Morgan fingerprint density at radius 1 is 1.21 bits per heavy atom. The molecule has 24 heavy (non-hydrogen) atoms. The van der Waals surface area contributed by atoms with Crippen molar-refractivity contribution in [1.29, 1.82) is 10.5 Å². The SMILES string of the molecule is COc1cccc([C@@H](C)N2CCN(C[C@H](C#N)CCC#N)CC2)c1. The number of nitriles is 2. The third-order valence-electron chi connectivity index (χ3n) is 4.80. The molecule has 5 nitrogen and oxygen atoms in total. The fourth-order valence-electron chi connectivity index (χ4n) is 3.19. The third-order valence-corrected chi connectivity index (χ3v) is 4.80. The van der Waals surface area contributed by atoms with Gasteiger partial charge in [-0.05, 0) is 31.0 Å². The topological polar surface area (TPSA) is 63.3 Å². The van der Waals surface area contributed by atoms with E-state index in [0.29, 0.717) is 18.9 Å². The van der Waals surface area contributed by atoms with Crippen LogP contribution < -0.4 is 4.74 Å². The van der Waals surface area contributed by atoms with Crippen molar-refractivity contribution >= 4 is 0 Å². The van der Waals surface area contributed by atoms with Crippen LogP contribution in [0.2, 0.25) is 0 Å². The van der Waals surface area contributed by atoms with Gasteiger partial charge in [0.15, 0.2) is 0 Å². The molecule has 0 bridgehead atoms. The molecule has 0 saturated carbocycles. The van der Waals surface area contributed by atoms with Gasteiger partial charge in [-0.1, -0.05) is 12.1 Å². The zero-order chi connectivity index (χ0) is 17.4. The summed E-state index contributed by atoms with van der Waals surface area (Å²) in [5.74, 6) is 0.861. The molecule has 0 radical (unpaired) electrons.